The molecule has 0 aliphatic rings. The fraction of sp³-hybridized carbons (Fsp3) is 0.143. The second-order valence-electron chi connectivity index (χ2n) is 6.74. The molecule has 0 saturated heterocycles. The molecule has 0 aliphatic carbocycles. The van der Waals surface area contributed by atoms with Gasteiger partial charge in [0.2, 0.25) is 0 Å². The second kappa shape index (κ2) is 7.71. The van der Waals surface area contributed by atoms with E-state index in [1.165, 1.54) is 18.5 Å². The molecule has 1 aromatic carbocycles. The predicted molar refractivity (Wildman–Crippen MR) is 106 cm³/mol. The highest BCUT2D eigenvalue weighted by atomic mass is 19.4. The summed E-state index contributed by atoms with van der Waals surface area (Å²) < 4.78 is 43.8. The zero-order valence-corrected chi connectivity index (χ0v) is 16.4. The van der Waals surface area contributed by atoms with Crippen LogP contribution >= 0.6 is 0 Å². The number of hydrogen-bond acceptors (Lipinski definition) is 5. The van der Waals surface area contributed by atoms with E-state index in [-0.39, 0.29) is 22.8 Å². The minimum atomic E-state index is -5.18. The third-order valence-corrected chi connectivity index (χ3v) is 4.61. The van der Waals surface area contributed by atoms with Crippen molar-refractivity contribution in [2.24, 2.45) is 0 Å². The molecule has 3 heterocycles. The molecule has 0 fully saturated rings. The Labute approximate surface area is 174 Å². The summed E-state index contributed by atoms with van der Waals surface area (Å²) in [7, 11) is 0. The Bertz CT molecular complexity index is 1230. The van der Waals surface area contributed by atoms with E-state index in [1.54, 1.807) is 13.8 Å². The molecule has 0 bridgehead atoms. The molecule has 0 aliphatic heterocycles. The number of carbonyl (C=O) groups is 1. The molecule has 31 heavy (non-hydrogen) atoms. The molecular weight excluding hydrogens is 411 g/mol. The molecule has 4 aromatic rings. The lowest BCUT2D eigenvalue weighted by molar-refractivity contribution is -0.189. The highest BCUT2D eigenvalue weighted by molar-refractivity contribution is 5.86. The van der Waals surface area contributed by atoms with Gasteiger partial charge in [-0.05, 0) is 25.5 Å². The largest absolute Gasteiger partial charge is 0.491 e. The van der Waals surface area contributed by atoms with Gasteiger partial charge < -0.3 is 9.72 Å². The van der Waals surface area contributed by atoms with Crippen molar-refractivity contribution in [3.05, 3.63) is 60.2 Å². The van der Waals surface area contributed by atoms with Crippen LogP contribution in [-0.4, -0.2) is 37.3 Å². The van der Waals surface area contributed by atoms with Gasteiger partial charge in [-0.25, -0.2) is 14.8 Å². The van der Waals surface area contributed by atoms with Gasteiger partial charge in [0.25, 0.3) is 0 Å². The number of carbonyl (C=O) groups excluding carboxylic acids is 1. The molecule has 4 rings (SSSR count). The van der Waals surface area contributed by atoms with E-state index in [4.69, 9.17) is 4.74 Å². The van der Waals surface area contributed by atoms with Crippen LogP contribution in [0.1, 0.15) is 11.4 Å². The summed E-state index contributed by atoms with van der Waals surface area (Å²) in [5, 5.41) is 6.85. The number of pyridine rings is 1. The predicted octanol–water partition coefficient (Wildman–Crippen LogP) is 4.61. The molecule has 0 atom stereocenters. The average molecular weight is 427 g/mol. The average Bonchev–Trinajstić information content (AvgIpc) is 3.35. The molecular formula is C21H16F3N5O2. The van der Waals surface area contributed by atoms with Crippen molar-refractivity contribution >= 4 is 5.97 Å². The fourth-order valence-corrected chi connectivity index (χ4v) is 3.22. The third kappa shape index (κ3) is 3.91. The number of aryl methyl sites for hydroxylation is 2. The maximum Gasteiger partial charge on any atom is 0.491 e. The van der Waals surface area contributed by atoms with E-state index in [0.29, 0.717) is 22.6 Å². The lowest BCUT2D eigenvalue weighted by atomic mass is 10.0. The van der Waals surface area contributed by atoms with Crippen LogP contribution in [-0.2, 0) is 4.79 Å². The van der Waals surface area contributed by atoms with Crippen LogP contribution in [0.3, 0.4) is 0 Å². The topological polar surface area (TPSA) is 96.6 Å². The number of imidazole rings is 1. The fourth-order valence-electron chi connectivity index (χ4n) is 3.22. The highest BCUT2D eigenvalue weighted by Gasteiger charge is 2.42. The van der Waals surface area contributed by atoms with E-state index < -0.39 is 12.1 Å². The zero-order chi connectivity index (χ0) is 22.2. The van der Waals surface area contributed by atoms with E-state index in [9.17, 15) is 18.0 Å². The Balaban J connectivity index is 1.88. The monoisotopic (exact) mass is 427 g/mol. The van der Waals surface area contributed by atoms with Crippen LogP contribution in [0.2, 0.25) is 0 Å². The normalized spacial score (nSPS) is 11.5. The molecule has 10 heteroatoms. The van der Waals surface area contributed by atoms with Gasteiger partial charge in [0.1, 0.15) is 5.69 Å². The first-order valence-corrected chi connectivity index (χ1v) is 9.16. The van der Waals surface area contributed by atoms with Gasteiger partial charge in [-0.3, -0.25) is 5.10 Å². The van der Waals surface area contributed by atoms with Crippen LogP contribution in [0, 0.1) is 13.8 Å². The third-order valence-electron chi connectivity index (χ3n) is 4.61. The molecule has 158 valence electrons. The van der Waals surface area contributed by atoms with Crippen molar-refractivity contribution in [3.8, 4) is 39.7 Å². The summed E-state index contributed by atoms with van der Waals surface area (Å²) >= 11 is 0. The Hall–Kier alpha value is -3.95. The molecule has 0 unspecified atom stereocenters. The van der Waals surface area contributed by atoms with E-state index in [0.717, 1.165) is 5.56 Å². The van der Waals surface area contributed by atoms with Crippen LogP contribution < -0.4 is 4.74 Å². The lowest BCUT2D eigenvalue weighted by Gasteiger charge is -2.14. The van der Waals surface area contributed by atoms with Crippen molar-refractivity contribution in [2.75, 3.05) is 0 Å². The van der Waals surface area contributed by atoms with Crippen molar-refractivity contribution in [1.29, 1.82) is 0 Å². The standard InChI is InChI=1S/C21H16F3N5O2/c1-11-16(12(2)29-28-11)14-8-9-25-17(18(14)31-20(30)21(22,23)24)19-26-10-15(27-19)13-6-4-3-5-7-13/h3-10H,1-2H3,(H,26,27)(H,28,29). The van der Waals surface area contributed by atoms with Gasteiger partial charge in [-0.15, -0.1) is 0 Å². The van der Waals surface area contributed by atoms with Crippen molar-refractivity contribution in [1.82, 2.24) is 25.1 Å². The number of halogens is 3. The number of benzene rings is 1. The van der Waals surface area contributed by atoms with Crippen LogP contribution in [0.5, 0.6) is 5.75 Å². The zero-order valence-electron chi connectivity index (χ0n) is 16.4. The van der Waals surface area contributed by atoms with Crippen molar-refractivity contribution < 1.29 is 22.7 Å². The van der Waals surface area contributed by atoms with Gasteiger partial charge in [0.05, 0.1) is 17.6 Å². The summed E-state index contributed by atoms with van der Waals surface area (Å²) in [5.74, 6) is -2.55. The molecule has 2 N–H and O–H groups in total. The van der Waals surface area contributed by atoms with E-state index in [2.05, 4.69) is 25.1 Å². The van der Waals surface area contributed by atoms with Crippen LogP contribution in [0.4, 0.5) is 13.2 Å². The second-order valence-corrected chi connectivity index (χ2v) is 6.74. The smallest absolute Gasteiger partial charge is 0.417 e. The Morgan fingerprint density at radius 2 is 1.81 bits per heavy atom. The number of nitrogens with one attached hydrogen (secondary N) is 2. The first-order valence-electron chi connectivity index (χ1n) is 9.16. The molecule has 0 spiro atoms. The number of H-pyrrole nitrogens is 2. The van der Waals surface area contributed by atoms with Gasteiger partial charge in [0.15, 0.2) is 11.6 Å². The summed E-state index contributed by atoms with van der Waals surface area (Å²) in [6.07, 6.45) is -2.24. The Kier molecular flexibility index (Phi) is 5.05. The van der Waals surface area contributed by atoms with Crippen molar-refractivity contribution in [3.63, 3.8) is 0 Å². The van der Waals surface area contributed by atoms with Gasteiger partial charge in [0, 0.05) is 23.0 Å². The van der Waals surface area contributed by atoms with Gasteiger partial charge >= 0.3 is 12.1 Å². The highest BCUT2D eigenvalue weighted by Crippen LogP contribution is 2.40. The number of alkyl halides is 3. The van der Waals surface area contributed by atoms with E-state index >= 15 is 0 Å². The quantitative estimate of drug-likeness (QED) is 0.464. The number of esters is 1. The van der Waals surface area contributed by atoms with Gasteiger partial charge in [-0.2, -0.15) is 18.3 Å². The maximum atomic E-state index is 13.0. The van der Waals surface area contributed by atoms with Crippen LogP contribution in [0.15, 0.2) is 48.8 Å². The lowest BCUT2D eigenvalue weighted by Crippen LogP contribution is -2.28. The Morgan fingerprint density at radius 1 is 1.06 bits per heavy atom. The SMILES string of the molecule is Cc1n[nH]c(C)c1-c1ccnc(-c2ncc(-c3ccccc3)[nH]2)c1OC(=O)C(F)(F)F. The number of aromatic amines is 2. The van der Waals surface area contributed by atoms with E-state index in [1.807, 2.05) is 30.3 Å². The number of hydrogen-bond donors (Lipinski definition) is 2. The molecule has 3 aromatic heterocycles. The van der Waals surface area contributed by atoms with Crippen LogP contribution in [0.25, 0.3) is 33.9 Å². The Morgan fingerprint density at radius 3 is 2.45 bits per heavy atom. The number of ether oxygens (including phenoxy) is 1. The minimum Gasteiger partial charge on any atom is -0.417 e. The summed E-state index contributed by atoms with van der Waals surface area (Å²) in [6, 6.07) is 10.7. The molecule has 0 radical (unpaired) electrons. The summed E-state index contributed by atoms with van der Waals surface area (Å²) in [5.41, 5.74) is 3.32. The van der Waals surface area contributed by atoms with Crippen molar-refractivity contribution in [2.45, 2.75) is 20.0 Å². The molecule has 0 saturated carbocycles. The summed E-state index contributed by atoms with van der Waals surface area (Å²) in [6.45, 7) is 3.40. The summed E-state index contributed by atoms with van der Waals surface area (Å²) in [4.78, 5) is 23.1. The number of aromatic nitrogens is 5. The first-order chi connectivity index (χ1) is 14.8. The molecule has 0 amide bonds. The first kappa shape index (κ1) is 20.3. The minimum absolute atomic E-state index is 0.0303. The van der Waals surface area contributed by atoms with Gasteiger partial charge in [-0.1, -0.05) is 30.3 Å². The number of nitrogens with zero attached hydrogens (tertiary/aromatic N) is 3. The molecule has 7 nitrogen and oxygen atoms in total. The maximum absolute atomic E-state index is 13.0. The number of rotatable bonds is 4.